The average molecular weight is 426 g/mol. The third-order valence-electron chi connectivity index (χ3n) is 5.69. The Morgan fingerprint density at radius 1 is 0.969 bits per heavy atom. The first-order chi connectivity index (χ1) is 15.5. The lowest BCUT2D eigenvalue weighted by Gasteiger charge is -2.08. The van der Waals surface area contributed by atoms with Crippen molar-refractivity contribution >= 4 is 23.0 Å². The van der Waals surface area contributed by atoms with Gasteiger partial charge in [0.2, 0.25) is 0 Å². The number of rotatable bonds is 7. The molecule has 162 valence electrons. The predicted octanol–water partition coefficient (Wildman–Crippen LogP) is 5.14. The van der Waals surface area contributed by atoms with Crippen LogP contribution in [0.2, 0.25) is 0 Å². The van der Waals surface area contributed by atoms with Crippen molar-refractivity contribution in [1.82, 2.24) is 9.99 Å². The molecule has 0 fully saturated rings. The fraction of sp³-hybridized carbons (Fsp3) is 0.185. The molecule has 0 unspecified atom stereocenters. The maximum Gasteiger partial charge on any atom is 0.277 e. The van der Waals surface area contributed by atoms with Crippen molar-refractivity contribution in [2.24, 2.45) is 5.10 Å². The first kappa shape index (κ1) is 21.4. The number of fused-ring (bicyclic) bond motifs is 1. The van der Waals surface area contributed by atoms with E-state index in [2.05, 4.69) is 46.3 Å². The number of carbonyl (C=O) groups excluding carboxylic acids is 1. The third kappa shape index (κ3) is 4.72. The number of ether oxygens (including phenoxy) is 1. The number of carbonyl (C=O) groups is 1. The summed E-state index contributed by atoms with van der Waals surface area (Å²) in [4.78, 5) is 12.2. The van der Waals surface area contributed by atoms with Crippen LogP contribution in [-0.4, -0.2) is 23.3 Å². The van der Waals surface area contributed by atoms with E-state index >= 15 is 0 Å². The summed E-state index contributed by atoms with van der Waals surface area (Å²) in [6.45, 7) is 6.82. The first-order valence-electron chi connectivity index (χ1n) is 10.7. The largest absolute Gasteiger partial charge is 0.484 e. The van der Waals surface area contributed by atoms with Gasteiger partial charge in [0.15, 0.2) is 6.61 Å². The molecule has 0 atom stereocenters. The molecule has 0 saturated carbocycles. The summed E-state index contributed by atoms with van der Waals surface area (Å²) < 4.78 is 7.86. The molecule has 1 N–H and O–H groups in total. The minimum absolute atomic E-state index is 0.0887. The van der Waals surface area contributed by atoms with Gasteiger partial charge < -0.3 is 9.30 Å². The van der Waals surface area contributed by atoms with Gasteiger partial charge in [0.25, 0.3) is 5.91 Å². The normalized spacial score (nSPS) is 11.2. The van der Waals surface area contributed by atoms with Gasteiger partial charge in [0.05, 0.1) is 6.21 Å². The molecule has 3 aromatic carbocycles. The lowest BCUT2D eigenvalue weighted by molar-refractivity contribution is -0.123. The summed E-state index contributed by atoms with van der Waals surface area (Å²) in [6, 6.07) is 24.4. The zero-order valence-electron chi connectivity index (χ0n) is 18.6. The smallest absolute Gasteiger partial charge is 0.277 e. The maximum absolute atomic E-state index is 12.2. The number of aromatic nitrogens is 1. The minimum Gasteiger partial charge on any atom is -0.484 e. The van der Waals surface area contributed by atoms with Crippen molar-refractivity contribution in [3.8, 4) is 5.75 Å². The van der Waals surface area contributed by atoms with E-state index in [-0.39, 0.29) is 12.5 Å². The Bertz CT molecular complexity index is 1270. The molecule has 0 aliphatic rings. The minimum atomic E-state index is -0.301. The fourth-order valence-electron chi connectivity index (χ4n) is 3.74. The van der Waals surface area contributed by atoms with Crippen LogP contribution < -0.4 is 10.2 Å². The molecule has 1 amide bonds. The summed E-state index contributed by atoms with van der Waals surface area (Å²) in [5.41, 5.74) is 9.35. The van der Waals surface area contributed by atoms with Crippen molar-refractivity contribution in [3.63, 3.8) is 0 Å². The van der Waals surface area contributed by atoms with Crippen molar-refractivity contribution in [1.29, 1.82) is 0 Å². The molecule has 0 aliphatic carbocycles. The number of para-hydroxylation sites is 1. The van der Waals surface area contributed by atoms with Gasteiger partial charge in [-0.1, -0.05) is 54.6 Å². The van der Waals surface area contributed by atoms with E-state index in [9.17, 15) is 4.79 Å². The summed E-state index contributed by atoms with van der Waals surface area (Å²) >= 11 is 0. The number of nitrogens with zero attached hydrogens (tertiary/aromatic N) is 2. The molecule has 0 bridgehead atoms. The molecule has 5 nitrogen and oxygen atoms in total. The molecule has 4 aromatic rings. The van der Waals surface area contributed by atoms with Crippen LogP contribution in [0, 0.1) is 20.8 Å². The molecule has 0 aliphatic heterocycles. The first-order valence-corrected chi connectivity index (χ1v) is 10.7. The second kappa shape index (κ2) is 9.52. The van der Waals surface area contributed by atoms with Gasteiger partial charge in [0, 0.05) is 28.7 Å². The van der Waals surface area contributed by atoms with E-state index in [1.807, 2.05) is 62.4 Å². The van der Waals surface area contributed by atoms with E-state index in [0.717, 1.165) is 34.3 Å². The molecule has 0 saturated heterocycles. The van der Waals surface area contributed by atoms with Gasteiger partial charge in [-0.3, -0.25) is 4.79 Å². The van der Waals surface area contributed by atoms with E-state index < -0.39 is 0 Å². The van der Waals surface area contributed by atoms with Crippen LogP contribution in [0.3, 0.4) is 0 Å². The number of hydrogen-bond donors (Lipinski definition) is 1. The average Bonchev–Trinajstić information content (AvgIpc) is 3.06. The molecule has 4 rings (SSSR count). The Hall–Kier alpha value is -3.86. The Morgan fingerprint density at radius 2 is 1.72 bits per heavy atom. The molecule has 0 radical (unpaired) electrons. The highest BCUT2D eigenvalue weighted by atomic mass is 16.5. The van der Waals surface area contributed by atoms with Gasteiger partial charge in [-0.05, 0) is 55.7 Å². The Kier molecular flexibility index (Phi) is 6.36. The van der Waals surface area contributed by atoms with Crippen LogP contribution >= 0.6 is 0 Å². The van der Waals surface area contributed by atoms with Gasteiger partial charge in [-0.25, -0.2) is 5.43 Å². The van der Waals surface area contributed by atoms with Crippen LogP contribution in [0.5, 0.6) is 5.75 Å². The van der Waals surface area contributed by atoms with Crippen LogP contribution in [0.1, 0.15) is 27.9 Å². The van der Waals surface area contributed by atoms with Crippen LogP contribution in [0.25, 0.3) is 10.9 Å². The van der Waals surface area contributed by atoms with E-state index in [1.165, 1.54) is 11.1 Å². The standard InChI is InChI=1S/C27H27N3O2/c1-19-13-14-23(15-20(19)2)32-18-27(31)29-28-16-25-21(3)30(17-22-9-5-4-6-10-22)26-12-8-7-11-24(25)26/h4-16H,17-18H2,1-3H3,(H,29,31)/b28-16+. The van der Waals surface area contributed by atoms with E-state index in [0.29, 0.717) is 5.75 Å². The quantitative estimate of drug-likeness (QED) is 0.329. The van der Waals surface area contributed by atoms with Crippen molar-refractivity contribution in [2.75, 3.05) is 6.61 Å². The molecule has 0 spiro atoms. The molecule has 1 aromatic heterocycles. The Morgan fingerprint density at radius 3 is 2.50 bits per heavy atom. The monoisotopic (exact) mass is 425 g/mol. The summed E-state index contributed by atoms with van der Waals surface area (Å²) in [7, 11) is 0. The highest BCUT2D eigenvalue weighted by molar-refractivity contribution is 6.01. The summed E-state index contributed by atoms with van der Waals surface area (Å²) in [5.74, 6) is 0.372. The van der Waals surface area contributed by atoms with Crippen molar-refractivity contribution in [3.05, 3.63) is 101 Å². The highest BCUT2D eigenvalue weighted by Gasteiger charge is 2.13. The van der Waals surface area contributed by atoms with E-state index in [1.54, 1.807) is 6.21 Å². The van der Waals surface area contributed by atoms with Gasteiger partial charge in [-0.2, -0.15) is 5.10 Å². The van der Waals surface area contributed by atoms with Gasteiger partial charge >= 0.3 is 0 Å². The lowest BCUT2D eigenvalue weighted by Crippen LogP contribution is -2.24. The number of aryl methyl sites for hydroxylation is 2. The molecule has 1 heterocycles. The lowest BCUT2D eigenvalue weighted by atomic mass is 10.1. The molecular weight excluding hydrogens is 398 g/mol. The summed E-state index contributed by atoms with van der Waals surface area (Å²) in [6.07, 6.45) is 1.72. The number of benzene rings is 3. The van der Waals surface area contributed by atoms with E-state index in [4.69, 9.17) is 4.74 Å². The maximum atomic E-state index is 12.2. The third-order valence-corrected chi connectivity index (χ3v) is 5.69. The van der Waals surface area contributed by atoms with Crippen LogP contribution in [0.4, 0.5) is 0 Å². The second-order valence-corrected chi connectivity index (χ2v) is 7.92. The van der Waals surface area contributed by atoms with Gasteiger partial charge in [0.1, 0.15) is 5.75 Å². The topological polar surface area (TPSA) is 55.6 Å². The Labute approximate surface area is 188 Å². The Balaban J connectivity index is 1.47. The van der Waals surface area contributed by atoms with Crippen LogP contribution in [-0.2, 0) is 11.3 Å². The SMILES string of the molecule is Cc1ccc(OCC(=O)N/N=C/c2c(C)n(Cc3ccccc3)c3ccccc23)cc1C. The van der Waals surface area contributed by atoms with Crippen LogP contribution in [0.15, 0.2) is 77.9 Å². The second-order valence-electron chi connectivity index (χ2n) is 7.92. The predicted molar refractivity (Wildman–Crippen MR) is 129 cm³/mol. The molecule has 5 heteroatoms. The fourth-order valence-corrected chi connectivity index (χ4v) is 3.74. The number of amides is 1. The number of nitrogens with one attached hydrogen (secondary N) is 1. The molecule has 32 heavy (non-hydrogen) atoms. The number of hydrazone groups is 1. The van der Waals surface area contributed by atoms with Gasteiger partial charge in [-0.15, -0.1) is 0 Å². The van der Waals surface area contributed by atoms with Crippen molar-refractivity contribution < 1.29 is 9.53 Å². The summed E-state index contributed by atoms with van der Waals surface area (Å²) in [5, 5.41) is 5.30. The number of hydrogen-bond acceptors (Lipinski definition) is 3. The van der Waals surface area contributed by atoms with Crippen molar-refractivity contribution in [2.45, 2.75) is 27.3 Å². The highest BCUT2D eigenvalue weighted by Crippen LogP contribution is 2.25. The molecular formula is C27H27N3O2. The zero-order valence-corrected chi connectivity index (χ0v) is 18.6. The zero-order chi connectivity index (χ0) is 22.5.